The molecule has 4 heterocycles. The fourth-order valence-corrected chi connectivity index (χ4v) is 6.18. The zero-order chi connectivity index (χ0) is 23.9. The van der Waals surface area contributed by atoms with Crippen LogP contribution in [0.2, 0.25) is 0 Å². The van der Waals surface area contributed by atoms with Gasteiger partial charge in [0.2, 0.25) is 0 Å². The van der Waals surface area contributed by atoms with E-state index in [2.05, 4.69) is 26.3 Å². The summed E-state index contributed by atoms with van der Waals surface area (Å²) >= 11 is 1.48. The molecule has 5 rings (SSSR count). The summed E-state index contributed by atoms with van der Waals surface area (Å²) in [5, 5.41) is 14.6. The summed E-state index contributed by atoms with van der Waals surface area (Å²) < 4.78 is 41.1. The molecular formula is C24H30F3N5OS. The Morgan fingerprint density at radius 1 is 1.29 bits per heavy atom. The number of hydrogen-bond acceptors (Lipinski definition) is 6. The molecule has 2 atom stereocenters. The third-order valence-corrected chi connectivity index (χ3v) is 7.83. The highest BCUT2D eigenvalue weighted by molar-refractivity contribution is 7.15. The molecule has 34 heavy (non-hydrogen) atoms. The Morgan fingerprint density at radius 2 is 2.09 bits per heavy atom. The summed E-state index contributed by atoms with van der Waals surface area (Å²) in [7, 11) is 0. The highest BCUT2D eigenvalue weighted by Gasteiger charge is 2.42. The Morgan fingerprint density at radius 3 is 2.85 bits per heavy atom. The number of benzene rings is 1. The number of aromatic nitrogens is 2. The van der Waals surface area contributed by atoms with Gasteiger partial charge in [-0.1, -0.05) is 18.2 Å². The topological polar surface area (TPSA) is 67.4 Å². The predicted molar refractivity (Wildman–Crippen MR) is 129 cm³/mol. The highest BCUT2D eigenvalue weighted by atomic mass is 32.1. The number of aliphatic hydroxyl groups excluding tert-OH is 1. The molecule has 1 fully saturated rings. The first-order chi connectivity index (χ1) is 16.4. The molecule has 2 aromatic heterocycles. The van der Waals surface area contributed by atoms with Crippen LogP contribution >= 0.6 is 11.3 Å². The van der Waals surface area contributed by atoms with Crippen LogP contribution in [0.3, 0.4) is 0 Å². The largest absolute Gasteiger partial charge is 0.390 e. The van der Waals surface area contributed by atoms with Crippen LogP contribution in [0.4, 0.5) is 18.3 Å². The average Bonchev–Trinajstić information content (AvgIpc) is 3.40. The Kier molecular flexibility index (Phi) is 6.58. The van der Waals surface area contributed by atoms with E-state index in [-0.39, 0.29) is 18.8 Å². The summed E-state index contributed by atoms with van der Waals surface area (Å²) in [5.41, 5.74) is 3.07. The van der Waals surface area contributed by atoms with E-state index in [1.165, 1.54) is 11.3 Å². The van der Waals surface area contributed by atoms with Crippen molar-refractivity contribution < 1.29 is 18.3 Å². The molecule has 3 aromatic rings. The van der Waals surface area contributed by atoms with Gasteiger partial charge in [-0.2, -0.15) is 0 Å². The predicted octanol–water partition coefficient (Wildman–Crippen LogP) is 4.04. The zero-order valence-electron chi connectivity index (χ0n) is 19.1. The van der Waals surface area contributed by atoms with Crippen LogP contribution < -0.4 is 5.32 Å². The molecule has 0 amide bonds. The van der Waals surface area contributed by atoms with Crippen LogP contribution in [0.25, 0.3) is 10.9 Å². The van der Waals surface area contributed by atoms with Crippen LogP contribution in [0.15, 0.2) is 30.5 Å². The molecule has 1 aromatic carbocycles. The fraction of sp³-hybridized carbons (Fsp3) is 0.542. The molecular weight excluding hydrogens is 463 g/mol. The van der Waals surface area contributed by atoms with Gasteiger partial charge in [0, 0.05) is 53.3 Å². The van der Waals surface area contributed by atoms with Crippen molar-refractivity contribution in [2.75, 3.05) is 44.8 Å². The van der Waals surface area contributed by atoms with E-state index in [9.17, 15) is 18.3 Å². The summed E-state index contributed by atoms with van der Waals surface area (Å²) in [5.74, 6) is -3.20. The van der Waals surface area contributed by atoms with Gasteiger partial charge < -0.3 is 15.4 Å². The monoisotopic (exact) mass is 493 g/mol. The maximum absolute atomic E-state index is 14.4. The number of para-hydroxylation sites is 1. The van der Waals surface area contributed by atoms with Crippen molar-refractivity contribution in [1.82, 2.24) is 19.8 Å². The molecule has 0 aliphatic carbocycles. The number of aliphatic hydroxyl groups is 1. The second-order valence-electron chi connectivity index (χ2n) is 9.42. The standard InChI is InChI=1S/C24H30F3N5OS/c1-15-9-18-17-5-2-3-6-19(17)30-21(18)22(32(15)13-24(26,27)14-33)20-10-28-23(34-20)29-16-11-31(12-16)8-4-7-25/h2-3,5-6,10,15-16,22,30,33H,4,7-9,11-14H2,1H3,(H,28,29)/t15-,22-/m1/s1. The summed E-state index contributed by atoms with van der Waals surface area (Å²) in [6.07, 6.45) is 2.97. The number of H-pyrrole nitrogens is 1. The zero-order valence-corrected chi connectivity index (χ0v) is 19.9. The lowest BCUT2D eigenvalue weighted by atomic mass is 9.91. The second kappa shape index (κ2) is 9.49. The number of anilines is 1. The summed E-state index contributed by atoms with van der Waals surface area (Å²) in [6.45, 7) is 2.40. The van der Waals surface area contributed by atoms with Crippen LogP contribution in [-0.2, 0) is 6.42 Å². The van der Waals surface area contributed by atoms with E-state index >= 15 is 0 Å². The van der Waals surface area contributed by atoms with E-state index in [0.29, 0.717) is 12.8 Å². The van der Waals surface area contributed by atoms with E-state index in [0.717, 1.165) is 51.8 Å². The molecule has 10 heteroatoms. The number of halogens is 3. The molecule has 184 valence electrons. The first-order valence-electron chi connectivity index (χ1n) is 11.7. The van der Waals surface area contributed by atoms with Gasteiger partial charge in [-0.3, -0.25) is 14.2 Å². The molecule has 2 aliphatic rings. The molecule has 0 spiro atoms. The molecule has 0 radical (unpaired) electrons. The SMILES string of the molecule is C[C@@H]1Cc2c([nH]c3ccccc23)[C@@H](c2cnc(NC3CN(CCCF)C3)s2)N1CC(F)(F)CO. The van der Waals surface area contributed by atoms with Crippen LogP contribution in [0.5, 0.6) is 0 Å². The molecule has 0 unspecified atom stereocenters. The van der Waals surface area contributed by atoms with Crippen molar-refractivity contribution in [1.29, 1.82) is 0 Å². The lowest BCUT2D eigenvalue weighted by Gasteiger charge is -2.41. The maximum Gasteiger partial charge on any atom is 0.283 e. The molecule has 6 nitrogen and oxygen atoms in total. The van der Waals surface area contributed by atoms with Gasteiger partial charge in [0.25, 0.3) is 5.92 Å². The minimum Gasteiger partial charge on any atom is -0.390 e. The van der Waals surface area contributed by atoms with Crippen molar-refractivity contribution in [2.45, 2.75) is 43.8 Å². The van der Waals surface area contributed by atoms with Crippen molar-refractivity contribution in [3.05, 3.63) is 46.6 Å². The average molecular weight is 494 g/mol. The lowest BCUT2D eigenvalue weighted by molar-refractivity contribution is -0.0862. The van der Waals surface area contributed by atoms with Crippen molar-refractivity contribution >= 4 is 27.4 Å². The Bertz CT molecular complexity index is 1130. The van der Waals surface area contributed by atoms with Gasteiger partial charge in [0.15, 0.2) is 5.13 Å². The summed E-state index contributed by atoms with van der Waals surface area (Å²) in [4.78, 5) is 12.9. The molecule has 0 bridgehead atoms. The minimum atomic E-state index is -3.20. The highest BCUT2D eigenvalue weighted by Crippen LogP contribution is 2.44. The normalized spacial score (nSPS) is 22.1. The Labute approximate surface area is 200 Å². The number of rotatable bonds is 9. The first kappa shape index (κ1) is 23.6. The third kappa shape index (κ3) is 4.56. The molecule has 2 aliphatic heterocycles. The number of thiazole rings is 1. The van der Waals surface area contributed by atoms with Gasteiger partial charge in [0.1, 0.15) is 6.61 Å². The van der Waals surface area contributed by atoms with Gasteiger partial charge in [-0.05, 0) is 31.4 Å². The summed E-state index contributed by atoms with van der Waals surface area (Å²) in [6, 6.07) is 7.74. The third-order valence-electron chi connectivity index (χ3n) is 6.85. The maximum atomic E-state index is 14.4. The Balaban J connectivity index is 1.43. The van der Waals surface area contributed by atoms with Gasteiger partial charge in [0.05, 0.1) is 25.3 Å². The van der Waals surface area contributed by atoms with E-state index in [4.69, 9.17) is 0 Å². The molecule has 3 N–H and O–H groups in total. The van der Waals surface area contributed by atoms with Crippen molar-refractivity contribution in [3.63, 3.8) is 0 Å². The van der Waals surface area contributed by atoms with Gasteiger partial charge in [-0.15, -0.1) is 11.3 Å². The van der Waals surface area contributed by atoms with Gasteiger partial charge in [-0.25, -0.2) is 13.8 Å². The van der Waals surface area contributed by atoms with Crippen LogP contribution in [-0.4, -0.2) is 82.3 Å². The number of nitrogens with one attached hydrogen (secondary N) is 2. The van der Waals surface area contributed by atoms with Crippen molar-refractivity contribution in [2.24, 2.45) is 0 Å². The van der Waals surface area contributed by atoms with E-state index < -0.39 is 25.1 Å². The van der Waals surface area contributed by atoms with E-state index in [1.54, 1.807) is 11.1 Å². The van der Waals surface area contributed by atoms with Crippen molar-refractivity contribution in [3.8, 4) is 0 Å². The number of hydrogen-bond donors (Lipinski definition) is 3. The number of fused-ring (bicyclic) bond motifs is 3. The van der Waals surface area contributed by atoms with Crippen LogP contribution in [0, 0.1) is 0 Å². The quantitative estimate of drug-likeness (QED) is 0.420. The molecule has 1 saturated heterocycles. The number of likely N-dealkylation sites (tertiary alicyclic amines) is 1. The number of aromatic amines is 1. The first-order valence-corrected chi connectivity index (χ1v) is 12.5. The van der Waals surface area contributed by atoms with Gasteiger partial charge >= 0.3 is 0 Å². The number of nitrogens with zero attached hydrogens (tertiary/aromatic N) is 3. The van der Waals surface area contributed by atoms with Crippen LogP contribution in [0.1, 0.15) is 35.5 Å². The minimum absolute atomic E-state index is 0.136. The Hall–Kier alpha value is -2.14. The second-order valence-corrected chi connectivity index (χ2v) is 10.5. The number of alkyl halides is 3. The fourth-order valence-electron chi connectivity index (χ4n) is 5.16. The molecule has 0 saturated carbocycles. The smallest absolute Gasteiger partial charge is 0.283 e. The lowest BCUT2D eigenvalue weighted by Crippen LogP contribution is -2.54. The van der Waals surface area contributed by atoms with E-state index in [1.807, 2.05) is 25.1 Å².